The second-order valence-electron chi connectivity index (χ2n) is 3.67. The van der Waals surface area contributed by atoms with Gasteiger partial charge in [0, 0.05) is 6.54 Å². The Hall–Kier alpha value is -1.13. The molecule has 1 N–H and O–H groups in total. The van der Waals surface area contributed by atoms with Crippen LogP contribution in [0.4, 0.5) is 0 Å². The molecule has 0 bridgehead atoms. The van der Waals surface area contributed by atoms with Crippen LogP contribution in [0.2, 0.25) is 0 Å². The van der Waals surface area contributed by atoms with Crippen LogP contribution in [-0.4, -0.2) is 41.6 Å². The van der Waals surface area contributed by atoms with Crippen LogP contribution in [0.25, 0.3) is 0 Å². The van der Waals surface area contributed by atoms with E-state index >= 15 is 0 Å². The van der Waals surface area contributed by atoms with Crippen LogP contribution in [0.5, 0.6) is 0 Å². The van der Waals surface area contributed by atoms with E-state index in [0.29, 0.717) is 6.42 Å². The average Bonchev–Trinajstić information content (AvgIpc) is 2.49. The van der Waals surface area contributed by atoms with Crippen molar-refractivity contribution in [3.8, 4) is 6.07 Å². The minimum atomic E-state index is -3.77. The molecule has 0 aromatic rings. The Kier molecular flexibility index (Phi) is 3.02. The molecule has 0 aromatic carbocycles. The van der Waals surface area contributed by atoms with Crippen molar-refractivity contribution < 1.29 is 18.3 Å². The second-order valence-corrected chi connectivity index (χ2v) is 5.56. The highest BCUT2D eigenvalue weighted by Gasteiger charge is 2.49. The number of sulfonamides is 1. The van der Waals surface area contributed by atoms with Gasteiger partial charge in [-0.1, -0.05) is 0 Å². The molecule has 1 saturated heterocycles. The van der Waals surface area contributed by atoms with Crippen molar-refractivity contribution in [2.24, 2.45) is 0 Å². The molecule has 0 spiro atoms. The van der Waals surface area contributed by atoms with Gasteiger partial charge in [-0.05, 0) is 19.8 Å². The molecule has 0 amide bonds. The van der Waals surface area contributed by atoms with Crippen LogP contribution in [-0.2, 0) is 14.8 Å². The molecule has 1 rings (SSSR count). The molecule has 7 heteroatoms. The van der Waals surface area contributed by atoms with E-state index in [1.165, 1.54) is 13.0 Å². The molecule has 0 aromatic heterocycles. The number of hydrogen-bond acceptors (Lipinski definition) is 4. The lowest BCUT2D eigenvalue weighted by Gasteiger charge is -2.29. The molecular formula is C8H12N2O4S. The number of carboxylic acid groups (broad SMARTS) is 1. The van der Waals surface area contributed by atoms with Gasteiger partial charge in [0.25, 0.3) is 0 Å². The summed E-state index contributed by atoms with van der Waals surface area (Å²) in [5.74, 6) is -1.84. The lowest BCUT2D eigenvalue weighted by molar-refractivity contribution is -0.146. The summed E-state index contributed by atoms with van der Waals surface area (Å²) in [6, 6.07) is 1.54. The number of carbonyl (C=O) groups is 1. The lowest BCUT2D eigenvalue weighted by Crippen LogP contribution is -2.51. The molecule has 84 valence electrons. The molecule has 1 aliphatic heterocycles. The summed E-state index contributed by atoms with van der Waals surface area (Å²) < 4.78 is 24.1. The number of carboxylic acids is 1. The highest BCUT2D eigenvalue weighted by molar-refractivity contribution is 7.89. The first-order valence-electron chi connectivity index (χ1n) is 4.45. The molecule has 1 atom stereocenters. The smallest absolute Gasteiger partial charge is 0.324 e. The summed E-state index contributed by atoms with van der Waals surface area (Å²) in [4.78, 5) is 11.0. The quantitative estimate of drug-likeness (QED) is 0.725. The molecule has 0 radical (unpaired) electrons. The van der Waals surface area contributed by atoms with Gasteiger partial charge in [-0.25, -0.2) is 8.42 Å². The van der Waals surface area contributed by atoms with Crippen molar-refractivity contribution in [1.29, 1.82) is 5.26 Å². The van der Waals surface area contributed by atoms with Gasteiger partial charge in [0.2, 0.25) is 10.0 Å². The fourth-order valence-corrected chi connectivity index (χ4v) is 3.27. The van der Waals surface area contributed by atoms with Crippen molar-refractivity contribution in [3.63, 3.8) is 0 Å². The Morgan fingerprint density at radius 1 is 1.67 bits per heavy atom. The van der Waals surface area contributed by atoms with E-state index in [1.807, 2.05) is 0 Å². The zero-order chi connectivity index (χ0) is 11.7. The SMILES string of the molecule is CC1(C(=O)O)CCCN1S(=O)(=O)CC#N. The van der Waals surface area contributed by atoms with Gasteiger partial charge >= 0.3 is 5.97 Å². The van der Waals surface area contributed by atoms with Crippen LogP contribution < -0.4 is 0 Å². The molecule has 1 unspecified atom stereocenters. The Balaban J connectivity index is 3.07. The third kappa shape index (κ3) is 1.96. The summed E-state index contributed by atoms with van der Waals surface area (Å²) in [5, 5.41) is 17.4. The molecule has 1 aliphatic rings. The number of nitrogens with zero attached hydrogens (tertiary/aromatic N) is 2. The molecule has 6 nitrogen and oxygen atoms in total. The van der Waals surface area contributed by atoms with Crippen LogP contribution in [0.15, 0.2) is 0 Å². The van der Waals surface area contributed by atoms with Crippen molar-refractivity contribution in [3.05, 3.63) is 0 Å². The summed E-state index contributed by atoms with van der Waals surface area (Å²) in [5.41, 5.74) is -1.39. The minimum absolute atomic E-state index is 0.173. The maximum absolute atomic E-state index is 11.6. The van der Waals surface area contributed by atoms with Gasteiger partial charge in [0.1, 0.15) is 5.54 Å². The Bertz CT molecular complexity index is 411. The maximum atomic E-state index is 11.6. The largest absolute Gasteiger partial charge is 0.480 e. The minimum Gasteiger partial charge on any atom is -0.480 e. The van der Waals surface area contributed by atoms with E-state index < -0.39 is 27.3 Å². The summed E-state index contributed by atoms with van der Waals surface area (Å²) in [6.45, 7) is 1.55. The summed E-state index contributed by atoms with van der Waals surface area (Å²) >= 11 is 0. The van der Waals surface area contributed by atoms with Crippen LogP contribution >= 0.6 is 0 Å². The van der Waals surface area contributed by atoms with Crippen LogP contribution in [0, 0.1) is 11.3 Å². The van der Waals surface area contributed by atoms with Crippen LogP contribution in [0.3, 0.4) is 0 Å². The third-order valence-corrected chi connectivity index (χ3v) is 4.37. The monoisotopic (exact) mass is 232 g/mol. The van der Waals surface area contributed by atoms with E-state index in [0.717, 1.165) is 4.31 Å². The predicted octanol–water partition coefficient (Wildman–Crippen LogP) is -0.221. The predicted molar refractivity (Wildman–Crippen MR) is 51.4 cm³/mol. The Morgan fingerprint density at radius 3 is 2.73 bits per heavy atom. The average molecular weight is 232 g/mol. The van der Waals surface area contributed by atoms with Crippen LogP contribution in [0.1, 0.15) is 19.8 Å². The molecule has 1 fully saturated rings. The molecule has 15 heavy (non-hydrogen) atoms. The van der Waals surface area contributed by atoms with Crippen molar-refractivity contribution in [2.75, 3.05) is 12.3 Å². The number of nitriles is 1. The van der Waals surface area contributed by atoms with Gasteiger partial charge in [-0.2, -0.15) is 9.57 Å². The molecule has 1 heterocycles. The van der Waals surface area contributed by atoms with Gasteiger partial charge in [-0.15, -0.1) is 0 Å². The maximum Gasteiger partial charge on any atom is 0.324 e. The van der Waals surface area contributed by atoms with E-state index in [2.05, 4.69) is 0 Å². The normalized spacial score (nSPS) is 27.5. The highest BCUT2D eigenvalue weighted by Crippen LogP contribution is 2.31. The number of rotatable bonds is 3. The number of aliphatic carboxylic acids is 1. The van der Waals surface area contributed by atoms with E-state index in [1.54, 1.807) is 0 Å². The third-order valence-electron chi connectivity index (χ3n) is 2.62. The summed E-state index contributed by atoms with van der Waals surface area (Å²) in [7, 11) is -3.77. The number of hydrogen-bond donors (Lipinski definition) is 1. The fraction of sp³-hybridized carbons (Fsp3) is 0.750. The lowest BCUT2D eigenvalue weighted by atomic mass is 10.0. The molecule has 0 saturated carbocycles. The second kappa shape index (κ2) is 3.79. The zero-order valence-electron chi connectivity index (χ0n) is 8.30. The molecule has 0 aliphatic carbocycles. The van der Waals surface area contributed by atoms with Crippen molar-refractivity contribution >= 4 is 16.0 Å². The van der Waals surface area contributed by atoms with Crippen molar-refractivity contribution in [2.45, 2.75) is 25.3 Å². The topological polar surface area (TPSA) is 98.5 Å². The van der Waals surface area contributed by atoms with Gasteiger partial charge < -0.3 is 5.11 Å². The van der Waals surface area contributed by atoms with Gasteiger partial charge in [0.05, 0.1) is 6.07 Å². The Labute approximate surface area is 88.2 Å². The summed E-state index contributed by atoms with van der Waals surface area (Å²) in [6.07, 6.45) is 0.792. The van der Waals surface area contributed by atoms with E-state index in [-0.39, 0.29) is 13.0 Å². The highest BCUT2D eigenvalue weighted by atomic mass is 32.2. The molecular weight excluding hydrogens is 220 g/mol. The van der Waals surface area contributed by atoms with Crippen molar-refractivity contribution in [1.82, 2.24) is 4.31 Å². The van der Waals surface area contributed by atoms with Gasteiger partial charge in [-0.3, -0.25) is 4.79 Å². The first-order chi connectivity index (χ1) is 6.84. The van der Waals surface area contributed by atoms with E-state index in [4.69, 9.17) is 10.4 Å². The fourth-order valence-electron chi connectivity index (χ4n) is 1.76. The zero-order valence-corrected chi connectivity index (χ0v) is 9.12. The Morgan fingerprint density at radius 2 is 2.27 bits per heavy atom. The van der Waals surface area contributed by atoms with E-state index in [9.17, 15) is 13.2 Å². The first kappa shape index (κ1) is 11.9. The van der Waals surface area contributed by atoms with Gasteiger partial charge in [0.15, 0.2) is 5.75 Å². The standard InChI is InChI=1S/C8H12N2O4S/c1-8(7(11)12)3-2-5-10(8)15(13,14)6-4-9/h2-3,5-6H2,1H3,(H,11,12). The first-order valence-corrected chi connectivity index (χ1v) is 6.06.